The Morgan fingerprint density at radius 3 is 3.08 bits per heavy atom. The Morgan fingerprint density at radius 2 is 2.62 bits per heavy atom. The molecule has 0 bridgehead atoms. The summed E-state index contributed by atoms with van der Waals surface area (Å²) < 4.78 is 0. The lowest BCUT2D eigenvalue weighted by atomic mass is 9.94. The molecule has 4 nitrogen and oxygen atoms in total. The van der Waals surface area contributed by atoms with Gasteiger partial charge < -0.3 is 0 Å². The molecular formula is C9H11N3O. The topological polar surface area (TPSA) is 65.8 Å². The average molecular weight is 177 g/mol. The molecule has 0 fully saturated rings. The highest BCUT2D eigenvalue weighted by atomic mass is 16.1. The van der Waals surface area contributed by atoms with Crippen LogP contribution in [0.3, 0.4) is 0 Å². The minimum Gasteiger partial charge on any atom is -0.287 e. The van der Waals surface area contributed by atoms with E-state index < -0.39 is 5.91 Å². The summed E-state index contributed by atoms with van der Waals surface area (Å²) in [5.41, 5.74) is 8.55. The van der Waals surface area contributed by atoms with E-state index in [-0.39, 0.29) is 0 Å². The van der Waals surface area contributed by atoms with E-state index in [1.807, 2.05) is 12.2 Å². The summed E-state index contributed by atoms with van der Waals surface area (Å²) in [5.74, 6) is 0.0240. The van der Waals surface area contributed by atoms with Crippen molar-refractivity contribution in [2.75, 3.05) is 0 Å². The van der Waals surface area contributed by atoms with Gasteiger partial charge in [0.05, 0.1) is 0 Å². The first-order valence-electron chi connectivity index (χ1n) is 4.25. The van der Waals surface area contributed by atoms with E-state index in [1.54, 1.807) is 6.08 Å². The van der Waals surface area contributed by atoms with Crippen LogP contribution in [0, 0.1) is 5.92 Å². The number of hydrogen-bond acceptors (Lipinski definition) is 1. The van der Waals surface area contributed by atoms with Crippen molar-refractivity contribution in [3.05, 3.63) is 34.2 Å². The molecule has 0 saturated carbocycles. The monoisotopic (exact) mass is 177 g/mol. The SMILES string of the molecule is CCC1C=CC(C(=O)N=[N+]=[N-])=CC1. The molecule has 0 heterocycles. The maximum Gasteiger partial charge on any atom is 0.248 e. The van der Waals surface area contributed by atoms with Crippen LogP contribution in [0.1, 0.15) is 19.8 Å². The van der Waals surface area contributed by atoms with Crippen molar-refractivity contribution in [3.63, 3.8) is 0 Å². The van der Waals surface area contributed by atoms with Crippen molar-refractivity contribution in [2.24, 2.45) is 11.0 Å². The summed E-state index contributed by atoms with van der Waals surface area (Å²) in [4.78, 5) is 13.5. The second-order valence-electron chi connectivity index (χ2n) is 2.92. The highest BCUT2D eigenvalue weighted by molar-refractivity contribution is 5.96. The summed E-state index contributed by atoms with van der Waals surface area (Å²) >= 11 is 0. The van der Waals surface area contributed by atoms with Gasteiger partial charge in [0.2, 0.25) is 5.91 Å². The second-order valence-corrected chi connectivity index (χ2v) is 2.92. The fourth-order valence-electron chi connectivity index (χ4n) is 1.22. The molecule has 0 aliphatic heterocycles. The van der Waals surface area contributed by atoms with Crippen LogP contribution in [0.2, 0.25) is 0 Å². The van der Waals surface area contributed by atoms with Crippen molar-refractivity contribution < 1.29 is 4.79 Å². The van der Waals surface area contributed by atoms with Crippen molar-refractivity contribution in [2.45, 2.75) is 19.8 Å². The lowest BCUT2D eigenvalue weighted by Crippen LogP contribution is -2.03. The van der Waals surface area contributed by atoms with E-state index in [0.717, 1.165) is 12.8 Å². The predicted octanol–water partition coefficient (Wildman–Crippen LogP) is 2.74. The average Bonchev–Trinajstić information content (AvgIpc) is 2.18. The fraction of sp³-hybridized carbons (Fsp3) is 0.444. The minimum atomic E-state index is -0.492. The summed E-state index contributed by atoms with van der Waals surface area (Å²) in [6.45, 7) is 2.10. The van der Waals surface area contributed by atoms with Gasteiger partial charge in [0.25, 0.3) is 0 Å². The van der Waals surface area contributed by atoms with Crippen LogP contribution in [0.15, 0.2) is 28.9 Å². The zero-order valence-corrected chi connectivity index (χ0v) is 7.47. The highest BCUT2D eigenvalue weighted by Crippen LogP contribution is 2.19. The molecule has 0 radical (unpaired) electrons. The van der Waals surface area contributed by atoms with Gasteiger partial charge in [-0.15, -0.1) is 0 Å². The lowest BCUT2D eigenvalue weighted by Gasteiger charge is -2.11. The lowest BCUT2D eigenvalue weighted by molar-refractivity contribution is -0.114. The first-order valence-corrected chi connectivity index (χ1v) is 4.25. The molecule has 0 N–H and O–H groups in total. The number of amides is 1. The number of allylic oxidation sites excluding steroid dienone is 2. The molecule has 0 aromatic carbocycles. The third kappa shape index (κ3) is 2.46. The van der Waals surface area contributed by atoms with Gasteiger partial charge in [0, 0.05) is 10.5 Å². The van der Waals surface area contributed by atoms with Gasteiger partial charge in [0.1, 0.15) is 0 Å². The number of hydrogen-bond donors (Lipinski definition) is 0. The Bertz CT molecular complexity index is 311. The van der Waals surface area contributed by atoms with Crippen LogP contribution in [0.5, 0.6) is 0 Å². The quantitative estimate of drug-likeness (QED) is 0.363. The van der Waals surface area contributed by atoms with Gasteiger partial charge in [-0.2, -0.15) is 0 Å². The molecule has 1 aliphatic rings. The maximum absolute atomic E-state index is 11.1. The van der Waals surface area contributed by atoms with E-state index in [0.29, 0.717) is 11.5 Å². The summed E-state index contributed by atoms with van der Waals surface area (Å²) in [6, 6.07) is 0. The zero-order valence-electron chi connectivity index (χ0n) is 7.47. The van der Waals surface area contributed by atoms with E-state index in [9.17, 15) is 4.79 Å². The van der Waals surface area contributed by atoms with Gasteiger partial charge >= 0.3 is 0 Å². The van der Waals surface area contributed by atoms with Gasteiger partial charge in [-0.3, -0.25) is 4.79 Å². The van der Waals surface area contributed by atoms with Crippen LogP contribution in [-0.2, 0) is 4.79 Å². The van der Waals surface area contributed by atoms with Crippen molar-refractivity contribution in [1.82, 2.24) is 0 Å². The molecular weight excluding hydrogens is 166 g/mol. The second kappa shape index (κ2) is 4.48. The normalized spacial score (nSPS) is 20.4. The Balaban J connectivity index is 2.67. The summed E-state index contributed by atoms with van der Waals surface area (Å²) in [5, 5.41) is 3.02. The Kier molecular flexibility index (Phi) is 3.29. The van der Waals surface area contributed by atoms with Crippen molar-refractivity contribution in [3.8, 4) is 0 Å². The standard InChI is InChI=1S/C9H11N3O/c1-2-7-3-5-8(6-4-7)9(13)11-12-10/h3,5-7H,2,4H2,1H3. The number of nitrogens with zero attached hydrogens (tertiary/aromatic N) is 3. The highest BCUT2D eigenvalue weighted by Gasteiger charge is 2.10. The third-order valence-corrected chi connectivity index (χ3v) is 2.10. The number of rotatable bonds is 2. The van der Waals surface area contributed by atoms with E-state index >= 15 is 0 Å². The van der Waals surface area contributed by atoms with Gasteiger partial charge in [-0.05, 0) is 29.4 Å². The van der Waals surface area contributed by atoms with Crippen LogP contribution in [0.25, 0.3) is 10.4 Å². The van der Waals surface area contributed by atoms with Gasteiger partial charge in [-0.25, -0.2) is 0 Å². The molecule has 0 aromatic rings. The molecule has 4 heteroatoms. The molecule has 0 spiro atoms. The van der Waals surface area contributed by atoms with Crippen LogP contribution >= 0.6 is 0 Å². The van der Waals surface area contributed by atoms with E-state index in [2.05, 4.69) is 16.9 Å². The van der Waals surface area contributed by atoms with Crippen LogP contribution in [-0.4, -0.2) is 5.91 Å². The van der Waals surface area contributed by atoms with Gasteiger partial charge in [-0.1, -0.05) is 25.2 Å². The third-order valence-electron chi connectivity index (χ3n) is 2.10. The minimum absolute atomic E-state index is 0.492. The molecule has 0 aromatic heterocycles. The molecule has 68 valence electrons. The largest absolute Gasteiger partial charge is 0.287 e. The van der Waals surface area contributed by atoms with Gasteiger partial charge in [0.15, 0.2) is 0 Å². The first kappa shape index (κ1) is 9.55. The molecule has 1 amide bonds. The first-order chi connectivity index (χ1) is 6.27. The summed E-state index contributed by atoms with van der Waals surface area (Å²) in [7, 11) is 0. The zero-order chi connectivity index (χ0) is 9.68. The Hall–Kier alpha value is -1.54. The molecule has 1 aliphatic carbocycles. The predicted molar refractivity (Wildman–Crippen MR) is 49.8 cm³/mol. The Labute approximate surface area is 76.6 Å². The maximum atomic E-state index is 11.1. The fourth-order valence-corrected chi connectivity index (χ4v) is 1.22. The Morgan fingerprint density at radius 1 is 1.85 bits per heavy atom. The van der Waals surface area contributed by atoms with Crippen LogP contribution in [0.4, 0.5) is 0 Å². The smallest absolute Gasteiger partial charge is 0.248 e. The molecule has 1 rings (SSSR count). The molecule has 13 heavy (non-hydrogen) atoms. The number of carbonyl (C=O) groups excluding carboxylic acids is 1. The molecule has 1 unspecified atom stereocenters. The number of carbonyl (C=O) groups is 1. The number of azide groups is 1. The van der Waals surface area contributed by atoms with Crippen molar-refractivity contribution >= 4 is 5.91 Å². The van der Waals surface area contributed by atoms with Crippen LogP contribution < -0.4 is 0 Å². The summed E-state index contributed by atoms with van der Waals surface area (Å²) in [6.07, 6.45) is 7.46. The van der Waals surface area contributed by atoms with E-state index in [4.69, 9.17) is 5.53 Å². The van der Waals surface area contributed by atoms with E-state index in [1.165, 1.54) is 0 Å². The molecule has 0 saturated heterocycles. The molecule has 1 atom stereocenters. The van der Waals surface area contributed by atoms with Crippen molar-refractivity contribution in [1.29, 1.82) is 0 Å².